The van der Waals surface area contributed by atoms with Gasteiger partial charge in [-0.3, -0.25) is 9.69 Å². The molecule has 0 aromatic heterocycles. The van der Waals surface area contributed by atoms with E-state index >= 15 is 0 Å². The average Bonchev–Trinajstić information content (AvgIpc) is 2.90. The summed E-state index contributed by atoms with van der Waals surface area (Å²) in [4.78, 5) is 19.9. The topological polar surface area (TPSA) is 52.9 Å². The smallest absolute Gasteiger partial charge is 0.266 e. The van der Waals surface area contributed by atoms with Crippen LogP contribution in [0.3, 0.4) is 0 Å². The van der Waals surface area contributed by atoms with E-state index in [-0.39, 0.29) is 11.7 Å². The predicted molar refractivity (Wildman–Crippen MR) is 124 cm³/mol. The van der Waals surface area contributed by atoms with Crippen molar-refractivity contribution in [2.45, 2.75) is 13.8 Å². The van der Waals surface area contributed by atoms with Gasteiger partial charge in [0, 0.05) is 11.6 Å². The van der Waals surface area contributed by atoms with Gasteiger partial charge in [-0.15, -0.1) is 0 Å². The van der Waals surface area contributed by atoms with E-state index in [9.17, 15) is 9.90 Å². The van der Waals surface area contributed by atoms with Crippen LogP contribution < -0.4 is 0 Å². The first-order chi connectivity index (χ1) is 13.2. The number of aliphatic imine (C=N–C) groups is 1. The molecule has 0 saturated carbocycles. The van der Waals surface area contributed by atoms with Crippen molar-refractivity contribution >= 4 is 78.1 Å². The molecule has 1 N–H and O–H groups in total. The lowest BCUT2D eigenvalue weighted by Gasteiger charge is -2.17. The number of hydrogen-bond acceptors (Lipinski definition) is 4. The van der Waals surface area contributed by atoms with Crippen molar-refractivity contribution in [3.63, 3.8) is 0 Å². The highest BCUT2D eigenvalue weighted by molar-refractivity contribution is 9.11. The molecule has 1 amide bonds. The molecule has 3 rings (SSSR count). The Morgan fingerprint density at radius 3 is 2.39 bits per heavy atom. The molecule has 2 aromatic carbocycles. The number of carbonyl (C=O) groups excluding carboxylic acids is 1. The number of phenolic OH excluding ortho intramolecular Hbond substituents is 1. The first kappa shape index (κ1) is 21.4. The summed E-state index contributed by atoms with van der Waals surface area (Å²) in [6.07, 6.45) is 1.81. The maximum atomic E-state index is 13.0. The Morgan fingerprint density at radius 2 is 1.82 bits per heavy atom. The number of rotatable bonds is 4. The Kier molecular flexibility index (Phi) is 6.91. The molecule has 0 aliphatic carbocycles. The molecular weight excluding hydrogens is 528 g/mol. The monoisotopic (exact) mass is 542 g/mol. The summed E-state index contributed by atoms with van der Waals surface area (Å²) in [6, 6.07) is 10.7. The minimum atomic E-state index is -0.0771. The van der Waals surface area contributed by atoms with E-state index in [0.717, 1.165) is 11.3 Å². The summed E-state index contributed by atoms with van der Waals surface area (Å²) < 4.78 is 1.11. The van der Waals surface area contributed by atoms with E-state index in [2.05, 4.69) is 50.7 Å². The number of carbonyl (C=O) groups is 1. The molecular formula is C20H17Br2ClN2O2S. The van der Waals surface area contributed by atoms with Crippen molar-refractivity contribution in [2.24, 2.45) is 10.9 Å². The van der Waals surface area contributed by atoms with Gasteiger partial charge in [-0.2, -0.15) is 0 Å². The number of nitrogens with zero attached hydrogens (tertiary/aromatic N) is 2. The van der Waals surface area contributed by atoms with Crippen molar-refractivity contribution in [2.75, 3.05) is 6.54 Å². The maximum Gasteiger partial charge on any atom is 0.266 e. The molecule has 1 fully saturated rings. The maximum absolute atomic E-state index is 13.0. The molecule has 1 heterocycles. The van der Waals surface area contributed by atoms with Gasteiger partial charge in [0.15, 0.2) is 5.17 Å². The van der Waals surface area contributed by atoms with Crippen molar-refractivity contribution in [3.8, 4) is 5.75 Å². The second-order valence-electron chi connectivity index (χ2n) is 6.62. The fourth-order valence-corrected chi connectivity index (χ4v) is 4.92. The van der Waals surface area contributed by atoms with Gasteiger partial charge in [0.1, 0.15) is 5.75 Å². The third-order valence-corrected chi connectivity index (χ3v) is 6.29. The van der Waals surface area contributed by atoms with Crippen LogP contribution in [0, 0.1) is 5.92 Å². The van der Waals surface area contributed by atoms with Gasteiger partial charge in [0.05, 0.1) is 19.5 Å². The van der Waals surface area contributed by atoms with Crippen LogP contribution in [0.4, 0.5) is 5.69 Å². The van der Waals surface area contributed by atoms with E-state index in [0.29, 0.717) is 36.5 Å². The Labute approximate surface area is 189 Å². The molecule has 0 bridgehead atoms. The van der Waals surface area contributed by atoms with E-state index in [1.165, 1.54) is 11.8 Å². The predicted octanol–water partition coefficient (Wildman–Crippen LogP) is 6.83. The first-order valence-electron chi connectivity index (χ1n) is 8.48. The highest BCUT2D eigenvalue weighted by Gasteiger charge is 2.33. The van der Waals surface area contributed by atoms with Crippen molar-refractivity contribution in [3.05, 3.63) is 60.8 Å². The minimum Gasteiger partial charge on any atom is -0.506 e. The van der Waals surface area contributed by atoms with Crippen LogP contribution in [0.25, 0.3) is 6.08 Å². The van der Waals surface area contributed by atoms with Crippen LogP contribution >= 0.6 is 55.2 Å². The lowest BCUT2D eigenvalue weighted by atomic mass is 10.2. The van der Waals surface area contributed by atoms with Gasteiger partial charge in [0.2, 0.25) is 0 Å². The molecule has 0 radical (unpaired) electrons. The number of thioether (sulfide) groups is 1. The Balaban J connectivity index is 1.98. The summed E-state index contributed by atoms with van der Waals surface area (Å²) in [5, 5.41) is 11.2. The molecule has 1 aliphatic rings. The number of benzene rings is 2. The number of amides is 1. The van der Waals surface area contributed by atoms with Gasteiger partial charge < -0.3 is 5.11 Å². The number of halogens is 3. The molecule has 0 unspecified atom stereocenters. The van der Waals surface area contributed by atoms with Crippen LogP contribution in [0.5, 0.6) is 5.75 Å². The summed E-state index contributed by atoms with van der Waals surface area (Å²) in [6.45, 7) is 4.71. The van der Waals surface area contributed by atoms with E-state index < -0.39 is 0 Å². The normalized spacial score (nSPS) is 17.4. The molecule has 0 atom stereocenters. The Hall–Kier alpha value is -1.28. The van der Waals surface area contributed by atoms with Gasteiger partial charge in [-0.25, -0.2) is 4.99 Å². The second kappa shape index (κ2) is 9.03. The molecule has 1 aliphatic heterocycles. The highest BCUT2D eigenvalue weighted by Crippen LogP contribution is 2.38. The van der Waals surface area contributed by atoms with Crippen molar-refractivity contribution < 1.29 is 9.90 Å². The number of phenols is 1. The summed E-state index contributed by atoms with van der Waals surface area (Å²) in [5.41, 5.74) is 1.54. The Bertz CT molecular complexity index is 952. The summed E-state index contributed by atoms with van der Waals surface area (Å²) in [5.74, 6) is 0.349. The Morgan fingerprint density at radius 1 is 1.21 bits per heavy atom. The van der Waals surface area contributed by atoms with Gasteiger partial charge >= 0.3 is 0 Å². The van der Waals surface area contributed by atoms with Gasteiger partial charge in [-0.1, -0.05) is 25.4 Å². The molecule has 0 spiro atoms. The third-order valence-electron chi connectivity index (χ3n) is 3.82. The summed E-state index contributed by atoms with van der Waals surface area (Å²) in [7, 11) is 0. The zero-order valence-corrected chi connectivity index (χ0v) is 19.9. The van der Waals surface area contributed by atoms with E-state index in [1.807, 2.05) is 12.1 Å². The number of aromatic hydroxyl groups is 1. The van der Waals surface area contributed by atoms with E-state index in [1.54, 1.807) is 35.2 Å². The molecule has 146 valence electrons. The number of hydrogen-bond donors (Lipinski definition) is 1. The van der Waals surface area contributed by atoms with Gasteiger partial charge in [-0.05, 0) is 97.6 Å². The standard InChI is InChI=1S/C20H17Br2ClN2O2S/c1-11(2)10-25-19(27)17(9-12-7-15(21)18(26)16(22)8-12)28-20(25)24-14-5-3-13(23)4-6-14/h3-9,11,26H,10H2,1-2H3/b17-9-,24-20?. The lowest BCUT2D eigenvalue weighted by Crippen LogP contribution is -2.32. The largest absolute Gasteiger partial charge is 0.506 e. The van der Waals surface area contributed by atoms with Crippen molar-refractivity contribution in [1.82, 2.24) is 4.90 Å². The van der Waals surface area contributed by atoms with Crippen LogP contribution in [0.2, 0.25) is 5.02 Å². The van der Waals surface area contributed by atoms with Crippen LogP contribution in [0.1, 0.15) is 19.4 Å². The van der Waals surface area contributed by atoms with E-state index in [4.69, 9.17) is 11.6 Å². The fraction of sp³-hybridized carbons (Fsp3) is 0.200. The molecule has 8 heteroatoms. The van der Waals surface area contributed by atoms with Crippen LogP contribution in [0.15, 0.2) is 55.2 Å². The second-order valence-corrected chi connectivity index (χ2v) is 9.78. The summed E-state index contributed by atoms with van der Waals surface area (Å²) >= 11 is 13.9. The average molecular weight is 545 g/mol. The lowest BCUT2D eigenvalue weighted by molar-refractivity contribution is -0.122. The van der Waals surface area contributed by atoms with Crippen LogP contribution in [-0.2, 0) is 4.79 Å². The zero-order chi connectivity index (χ0) is 20.4. The number of amidine groups is 1. The van der Waals surface area contributed by atoms with Gasteiger partial charge in [0.25, 0.3) is 5.91 Å². The first-order valence-corrected chi connectivity index (χ1v) is 11.3. The zero-order valence-electron chi connectivity index (χ0n) is 15.1. The molecule has 2 aromatic rings. The molecule has 28 heavy (non-hydrogen) atoms. The fourth-order valence-electron chi connectivity index (χ4n) is 2.56. The molecule has 4 nitrogen and oxygen atoms in total. The third kappa shape index (κ3) is 5.00. The quantitative estimate of drug-likeness (QED) is 0.429. The minimum absolute atomic E-state index is 0.0771. The highest BCUT2D eigenvalue weighted by atomic mass is 79.9. The SMILES string of the molecule is CC(C)CN1C(=O)/C(=C/c2cc(Br)c(O)c(Br)c2)SC1=Nc1ccc(Cl)cc1. The van der Waals surface area contributed by atoms with Crippen molar-refractivity contribution in [1.29, 1.82) is 0 Å². The molecule has 1 saturated heterocycles. The van der Waals surface area contributed by atoms with Crippen LogP contribution in [-0.4, -0.2) is 27.6 Å².